The van der Waals surface area contributed by atoms with E-state index in [-0.39, 0.29) is 5.78 Å². The van der Waals surface area contributed by atoms with Crippen LogP contribution in [0.1, 0.15) is 45.4 Å². The van der Waals surface area contributed by atoms with Crippen molar-refractivity contribution in [2.24, 2.45) is 0 Å². The molecule has 1 aliphatic rings. The van der Waals surface area contributed by atoms with Gasteiger partial charge in [-0.1, -0.05) is 42.1 Å². The van der Waals surface area contributed by atoms with Crippen molar-refractivity contribution >= 4 is 39.1 Å². The van der Waals surface area contributed by atoms with Crippen molar-refractivity contribution in [3.05, 3.63) is 52.2 Å². The lowest BCUT2D eigenvalue weighted by Gasteiger charge is -2.06. The first-order chi connectivity index (χ1) is 11.6. The Morgan fingerprint density at radius 2 is 1.96 bits per heavy atom. The largest absolute Gasteiger partial charge is 0.293 e. The van der Waals surface area contributed by atoms with Crippen LogP contribution in [0, 0.1) is 13.8 Å². The van der Waals surface area contributed by atoms with E-state index in [1.54, 1.807) is 23.1 Å². The summed E-state index contributed by atoms with van der Waals surface area (Å²) < 4.78 is 0. The number of thiophene rings is 1. The van der Waals surface area contributed by atoms with E-state index in [1.807, 2.05) is 30.3 Å². The summed E-state index contributed by atoms with van der Waals surface area (Å²) >= 11 is 3.28. The van der Waals surface area contributed by atoms with Crippen LogP contribution in [0.25, 0.3) is 10.2 Å². The minimum absolute atomic E-state index is 0.143. The summed E-state index contributed by atoms with van der Waals surface area (Å²) in [6, 6.07) is 9.47. The van der Waals surface area contributed by atoms with Crippen molar-refractivity contribution in [1.29, 1.82) is 0 Å². The smallest absolute Gasteiger partial charge is 0.173 e. The van der Waals surface area contributed by atoms with Gasteiger partial charge in [0.2, 0.25) is 0 Å². The second kappa shape index (κ2) is 6.30. The van der Waals surface area contributed by atoms with Gasteiger partial charge in [0.05, 0.1) is 5.75 Å². The second-order valence-electron chi connectivity index (χ2n) is 6.20. The highest BCUT2D eigenvalue weighted by molar-refractivity contribution is 8.00. The molecular weight excluding hydrogens is 336 g/mol. The minimum atomic E-state index is 0.143. The Hall–Kier alpha value is -1.72. The summed E-state index contributed by atoms with van der Waals surface area (Å²) in [4.78, 5) is 24.3. The fraction of sp³-hybridized carbons (Fsp3) is 0.316. The maximum absolute atomic E-state index is 12.4. The molecule has 1 aliphatic carbocycles. The number of rotatable bonds is 5. The normalized spacial score (nSPS) is 14.2. The zero-order chi connectivity index (χ0) is 16.7. The average Bonchev–Trinajstić information content (AvgIpc) is 3.40. The first kappa shape index (κ1) is 15.8. The van der Waals surface area contributed by atoms with Gasteiger partial charge in [-0.15, -0.1) is 11.3 Å². The van der Waals surface area contributed by atoms with Gasteiger partial charge in [0, 0.05) is 21.7 Å². The summed E-state index contributed by atoms with van der Waals surface area (Å²) in [6.07, 6.45) is 2.36. The summed E-state index contributed by atoms with van der Waals surface area (Å²) in [7, 11) is 0. The van der Waals surface area contributed by atoms with E-state index >= 15 is 0 Å². The molecule has 0 unspecified atom stereocenters. The third-order valence-electron chi connectivity index (χ3n) is 4.39. The molecule has 1 aromatic carbocycles. The maximum Gasteiger partial charge on any atom is 0.173 e. The van der Waals surface area contributed by atoms with Crippen molar-refractivity contribution < 1.29 is 4.79 Å². The average molecular weight is 355 g/mol. The quantitative estimate of drug-likeness (QED) is 0.360. The number of carbonyl (C=O) groups is 1. The van der Waals surface area contributed by atoms with Crippen LogP contribution < -0.4 is 0 Å². The van der Waals surface area contributed by atoms with Gasteiger partial charge in [0.15, 0.2) is 5.78 Å². The molecule has 3 aromatic rings. The molecule has 2 heterocycles. The van der Waals surface area contributed by atoms with Gasteiger partial charge in [-0.3, -0.25) is 4.79 Å². The Morgan fingerprint density at radius 1 is 1.21 bits per heavy atom. The Balaban J connectivity index is 1.66. The predicted molar refractivity (Wildman–Crippen MR) is 100 cm³/mol. The molecule has 5 heteroatoms. The van der Waals surface area contributed by atoms with Crippen molar-refractivity contribution in [2.45, 2.75) is 37.6 Å². The van der Waals surface area contributed by atoms with Crippen LogP contribution in [0.15, 0.2) is 35.4 Å². The summed E-state index contributed by atoms with van der Waals surface area (Å²) in [5.41, 5.74) is 2.00. The van der Waals surface area contributed by atoms with Crippen LogP contribution in [0.5, 0.6) is 0 Å². The number of aromatic nitrogens is 2. The third kappa shape index (κ3) is 2.98. The van der Waals surface area contributed by atoms with Crippen LogP contribution >= 0.6 is 23.1 Å². The van der Waals surface area contributed by atoms with Crippen LogP contribution in [0.3, 0.4) is 0 Å². The molecule has 1 saturated carbocycles. The summed E-state index contributed by atoms with van der Waals surface area (Å²) in [5.74, 6) is 2.03. The van der Waals surface area contributed by atoms with Crippen molar-refractivity contribution in [3.63, 3.8) is 0 Å². The SMILES string of the molecule is Cc1sc2nc(C3CC3)nc(SCC(=O)c3ccccc3)c2c1C. The molecule has 3 nitrogen and oxygen atoms in total. The van der Waals surface area contributed by atoms with E-state index in [2.05, 4.69) is 13.8 Å². The molecule has 0 amide bonds. The van der Waals surface area contributed by atoms with E-state index in [9.17, 15) is 4.79 Å². The molecule has 0 saturated heterocycles. The Morgan fingerprint density at radius 3 is 2.67 bits per heavy atom. The van der Waals surface area contributed by atoms with Crippen LogP contribution in [-0.2, 0) is 0 Å². The van der Waals surface area contributed by atoms with E-state index in [0.29, 0.717) is 11.7 Å². The molecule has 2 aromatic heterocycles. The Kier molecular flexibility index (Phi) is 4.14. The molecule has 4 rings (SSSR count). The Labute approximate surface area is 149 Å². The molecule has 24 heavy (non-hydrogen) atoms. The van der Waals surface area contributed by atoms with Crippen molar-refractivity contribution in [1.82, 2.24) is 9.97 Å². The van der Waals surface area contributed by atoms with Gasteiger partial charge in [0.25, 0.3) is 0 Å². The second-order valence-corrected chi connectivity index (χ2v) is 8.37. The monoisotopic (exact) mass is 354 g/mol. The summed E-state index contributed by atoms with van der Waals surface area (Å²) in [6.45, 7) is 4.25. The lowest BCUT2D eigenvalue weighted by Crippen LogP contribution is -2.03. The van der Waals surface area contributed by atoms with Crippen LogP contribution in [-0.4, -0.2) is 21.5 Å². The van der Waals surface area contributed by atoms with Crippen LogP contribution in [0.2, 0.25) is 0 Å². The van der Waals surface area contributed by atoms with Gasteiger partial charge >= 0.3 is 0 Å². The number of hydrogen-bond donors (Lipinski definition) is 0. The van der Waals surface area contributed by atoms with Gasteiger partial charge in [-0.2, -0.15) is 0 Å². The van der Waals surface area contributed by atoms with Crippen molar-refractivity contribution in [2.75, 3.05) is 5.75 Å². The molecule has 0 N–H and O–H groups in total. The number of aryl methyl sites for hydroxylation is 2. The topological polar surface area (TPSA) is 42.9 Å². The molecule has 0 aliphatic heterocycles. The number of fused-ring (bicyclic) bond motifs is 1. The minimum Gasteiger partial charge on any atom is -0.293 e. The number of ketones is 1. The number of carbonyl (C=O) groups excluding carboxylic acids is 1. The number of benzene rings is 1. The summed E-state index contributed by atoms with van der Waals surface area (Å²) in [5, 5.41) is 2.10. The van der Waals surface area contributed by atoms with E-state index in [0.717, 1.165) is 26.6 Å². The third-order valence-corrected chi connectivity index (χ3v) is 6.47. The predicted octanol–water partition coefficient (Wildman–Crippen LogP) is 5.16. The molecule has 0 bridgehead atoms. The van der Waals surface area contributed by atoms with Crippen LogP contribution in [0.4, 0.5) is 0 Å². The van der Waals surface area contributed by atoms with Gasteiger partial charge in [-0.25, -0.2) is 9.97 Å². The highest BCUT2D eigenvalue weighted by atomic mass is 32.2. The van der Waals surface area contributed by atoms with Gasteiger partial charge in [0.1, 0.15) is 15.7 Å². The first-order valence-corrected chi connectivity index (χ1v) is 9.92. The molecule has 0 atom stereocenters. The fourth-order valence-electron chi connectivity index (χ4n) is 2.70. The lowest BCUT2D eigenvalue weighted by atomic mass is 10.2. The molecule has 0 spiro atoms. The van der Waals surface area contributed by atoms with Gasteiger partial charge < -0.3 is 0 Å². The van der Waals surface area contributed by atoms with Gasteiger partial charge in [-0.05, 0) is 32.3 Å². The van der Waals surface area contributed by atoms with E-state index in [4.69, 9.17) is 9.97 Å². The highest BCUT2D eigenvalue weighted by Crippen LogP contribution is 2.42. The van der Waals surface area contributed by atoms with E-state index < -0.39 is 0 Å². The zero-order valence-electron chi connectivity index (χ0n) is 13.7. The first-order valence-electron chi connectivity index (χ1n) is 8.12. The number of hydrogen-bond acceptors (Lipinski definition) is 5. The number of thioether (sulfide) groups is 1. The molecule has 1 fully saturated rings. The van der Waals surface area contributed by atoms with E-state index in [1.165, 1.54) is 23.3 Å². The molecule has 122 valence electrons. The number of nitrogens with zero attached hydrogens (tertiary/aromatic N) is 2. The molecule has 0 radical (unpaired) electrons. The standard InChI is InChI=1S/C19H18N2OS2/c1-11-12(2)24-19-16(11)18(20-17(21-19)14-8-9-14)23-10-15(22)13-6-4-3-5-7-13/h3-7,14H,8-10H2,1-2H3. The maximum atomic E-state index is 12.4. The lowest BCUT2D eigenvalue weighted by molar-refractivity contribution is 0.102. The molecular formula is C19H18N2OS2. The Bertz CT molecular complexity index is 914. The fourth-order valence-corrected chi connectivity index (χ4v) is 4.79. The number of Topliss-reactive ketones (excluding diaryl/α,β-unsaturated/α-hetero) is 1. The highest BCUT2D eigenvalue weighted by Gasteiger charge is 2.28. The van der Waals surface area contributed by atoms with Crippen molar-refractivity contribution in [3.8, 4) is 0 Å². The zero-order valence-corrected chi connectivity index (χ0v) is 15.3.